The Morgan fingerprint density at radius 2 is 1.48 bits per heavy atom. The van der Waals surface area contributed by atoms with E-state index in [4.69, 9.17) is 7.81 Å². The van der Waals surface area contributed by atoms with Crippen LogP contribution < -0.4 is 0 Å². The van der Waals surface area contributed by atoms with Gasteiger partial charge >= 0.3 is 160 Å². The van der Waals surface area contributed by atoms with Gasteiger partial charge in [0.1, 0.15) is 0 Å². The first-order chi connectivity index (χ1) is 12.2. The summed E-state index contributed by atoms with van der Waals surface area (Å²) in [6.07, 6.45) is 9.67. The van der Waals surface area contributed by atoms with E-state index >= 15 is 0 Å². The van der Waals surface area contributed by atoms with Crippen LogP contribution in [-0.4, -0.2) is 31.5 Å². The van der Waals surface area contributed by atoms with Gasteiger partial charge in [0.2, 0.25) is 0 Å². The van der Waals surface area contributed by atoms with Crippen LogP contribution in [0.1, 0.15) is 77.4 Å². The Hall–Kier alpha value is -0.0613. The van der Waals surface area contributed by atoms with Crippen molar-refractivity contribution in [2.45, 2.75) is 91.2 Å². The number of benzene rings is 1. The molecule has 1 aliphatic heterocycles. The minimum atomic E-state index is -2.59. The molecule has 1 aromatic carbocycles. The van der Waals surface area contributed by atoms with Crippen LogP contribution >= 0.6 is 0 Å². The summed E-state index contributed by atoms with van der Waals surface area (Å²) in [5.41, 5.74) is 1.36. The van der Waals surface area contributed by atoms with Gasteiger partial charge in [0.15, 0.2) is 0 Å². The molecule has 2 rings (SSSR count). The van der Waals surface area contributed by atoms with Gasteiger partial charge in [0.25, 0.3) is 0 Å². The van der Waals surface area contributed by atoms with Gasteiger partial charge in [0, 0.05) is 0 Å². The van der Waals surface area contributed by atoms with Crippen LogP contribution in [0.5, 0.6) is 0 Å². The first-order valence-electron chi connectivity index (χ1n) is 10.6. The van der Waals surface area contributed by atoms with Gasteiger partial charge in [0.05, 0.1) is 0 Å². The second-order valence-electron chi connectivity index (χ2n) is 7.70. The third-order valence-electron chi connectivity index (χ3n) is 5.40. The van der Waals surface area contributed by atoms with Gasteiger partial charge in [-0.15, -0.1) is 0 Å². The number of hydrogen-bond donors (Lipinski definition) is 0. The summed E-state index contributed by atoms with van der Waals surface area (Å²) in [5.74, 6) is 0. The van der Waals surface area contributed by atoms with Crippen molar-refractivity contribution in [2.24, 2.45) is 0 Å². The fourth-order valence-corrected chi connectivity index (χ4v) is 17.8. The maximum atomic E-state index is 7.21. The van der Waals surface area contributed by atoms with E-state index in [-0.39, 0.29) is 6.10 Å². The van der Waals surface area contributed by atoms with E-state index in [9.17, 15) is 0 Å². The molecule has 2 atom stereocenters. The van der Waals surface area contributed by atoms with Crippen LogP contribution in [-0.2, 0) is 7.81 Å². The Kier molecular flexibility index (Phi) is 9.86. The molecule has 2 nitrogen and oxygen atoms in total. The monoisotopic (exact) mass is 454 g/mol. The van der Waals surface area contributed by atoms with Crippen molar-refractivity contribution in [3.05, 3.63) is 35.9 Å². The van der Waals surface area contributed by atoms with Crippen molar-refractivity contribution >= 4 is 18.8 Å². The van der Waals surface area contributed by atoms with E-state index in [1.54, 1.807) is 0 Å². The van der Waals surface area contributed by atoms with Gasteiger partial charge in [-0.1, -0.05) is 0 Å². The summed E-state index contributed by atoms with van der Waals surface area (Å²) in [4.78, 5) is 0. The van der Waals surface area contributed by atoms with Gasteiger partial charge in [-0.2, -0.15) is 0 Å². The molecule has 2 unspecified atom stereocenters. The van der Waals surface area contributed by atoms with Crippen molar-refractivity contribution in [3.63, 3.8) is 0 Å². The normalized spacial score (nSPS) is 18.3. The van der Waals surface area contributed by atoms with E-state index in [0.717, 1.165) is 13.0 Å². The third-order valence-corrected chi connectivity index (χ3v) is 18.5. The standard InChI is InChI=1S/C10H11O2.3C4H9.Sn/c11-10(6-9-7-12-9)8-4-2-1-3-5-8;3*1-3-4-2;/h1-5,9-10H,6-7H2;3*1,3-4H2,2H3;/q-1;;;;+1. The molecule has 1 fully saturated rings. The SMILES string of the molecule is CCC[CH2][Sn]([CH2]CCC)([CH2]CCC)[O]C(CC1CO1)c1ccccc1. The van der Waals surface area contributed by atoms with E-state index in [0.29, 0.717) is 6.10 Å². The molecule has 1 aliphatic rings. The van der Waals surface area contributed by atoms with Crippen LogP contribution in [0.15, 0.2) is 30.3 Å². The number of rotatable bonds is 14. The Labute approximate surface area is 160 Å². The zero-order chi connectivity index (χ0) is 18.0. The summed E-state index contributed by atoms with van der Waals surface area (Å²) in [6, 6.07) is 10.9. The number of epoxide rings is 1. The molecule has 0 radical (unpaired) electrons. The fraction of sp³-hybridized carbons (Fsp3) is 0.727. The van der Waals surface area contributed by atoms with Crippen molar-refractivity contribution < 1.29 is 7.81 Å². The van der Waals surface area contributed by atoms with E-state index in [1.165, 1.54) is 57.4 Å². The van der Waals surface area contributed by atoms with Gasteiger partial charge in [-0.25, -0.2) is 0 Å². The average Bonchev–Trinajstić information content (AvgIpc) is 3.47. The summed E-state index contributed by atoms with van der Waals surface area (Å²) in [5, 5.41) is 0. The van der Waals surface area contributed by atoms with Crippen LogP contribution in [0.2, 0.25) is 13.3 Å². The fourth-order valence-electron chi connectivity index (χ4n) is 3.71. The minimum absolute atomic E-state index is 0.259. The van der Waals surface area contributed by atoms with Gasteiger partial charge < -0.3 is 0 Å². The topological polar surface area (TPSA) is 21.8 Å². The van der Waals surface area contributed by atoms with Crippen LogP contribution in [0.4, 0.5) is 0 Å². The maximum absolute atomic E-state index is 7.21. The van der Waals surface area contributed by atoms with Crippen molar-refractivity contribution in [3.8, 4) is 0 Å². The summed E-state index contributed by atoms with van der Waals surface area (Å²) >= 11 is -2.59. The van der Waals surface area contributed by atoms with Crippen LogP contribution in [0.25, 0.3) is 0 Å². The molecule has 0 saturated carbocycles. The number of ether oxygens (including phenoxy) is 1. The predicted molar refractivity (Wildman–Crippen MR) is 110 cm³/mol. The zero-order valence-corrected chi connectivity index (χ0v) is 19.5. The summed E-state index contributed by atoms with van der Waals surface area (Å²) < 4.78 is 17.0. The Morgan fingerprint density at radius 1 is 0.960 bits per heavy atom. The molecule has 1 heterocycles. The van der Waals surface area contributed by atoms with E-state index in [2.05, 4.69) is 51.1 Å². The van der Waals surface area contributed by atoms with Crippen molar-refractivity contribution in [1.29, 1.82) is 0 Å². The van der Waals surface area contributed by atoms with Gasteiger partial charge in [-0.05, 0) is 0 Å². The number of hydrogen-bond acceptors (Lipinski definition) is 2. The molecular formula is C22H38O2Sn. The first-order valence-corrected chi connectivity index (χ1v) is 17.8. The molecule has 0 aliphatic carbocycles. The molecule has 1 saturated heterocycles. The van der Waals surface area contributed by atoms with E-state index < -0.39 is 18.8 Å². The number of unbranched alkanes of at least 4 members (excludes halogenated alkanes) is 3. The predicted octanol–water partition coefficient (Wildman–Crippen LogP) is 6.88. The summed E-state index contributed by atoms with van der Waals surface area (Å²) in [7, 11) is 0. The zero-order valence-electron chi connectivity index (χ0n) is 16.6. The Balaban J connectivity index is 2.17. The van der Waals surface area contributed by atoms with Crippen molar-refractivity contribution in [1.82, 2.24) is 0 Å². The third kappa shape index (κ3) is 7.60. The van der Waals surface area contributed by atoms with Crippen LogP contribution in [0.3, 0.4) is 0 Å². The second kappa shape index (κ2) is 11.6. The molecule has 1 aromatic rings. The summed E-state index contributed by atoms with van der Waals surface area (Å²) in [6.45, 7) is 7.89. The van der Waals surface area contributed by atoms with Crippen LogP contribution in [0, 0.1) is 0 Å². The van der Waals surface area contributed by atoms with E-state index in [1.807, 2.05) is 0 Å². The Morgan fingerprint density at radius 3 is 1.92 bits per heavy atom. The molecule has 0 N–H and O–H groups in total. The molecular weight excluding hydrogens is 415 g/mol. The molecule has 0 bridgehead atoms. The molecule has 0 aromatic heterocycles. The molecule has 3 heteroatoms. The van der Waals surface area contributed by atoms with Gasteiger partial charge in [-0.3, -0.25) is 0 Å². The Bertz CT molecular complexity index is 437. The molecule has 0 amide bonds. The van der Waals surface area contributed by atoms with Crippen molar-refractivity contribution in [2.75, 3.05) is 6.61 Å². The quantitative estimate of drug-likeness (QED) is 0.226. The average molecular weight is 453 g/mol. The molecule has 25 heavy (non-hydrogen) atoms. The molecule has 142 valence electrons. The first kappa shape index (κ1) is 21.2. The molecule has 0 spiro atoms. The second-order valence-corrected chi connectivity index (χ2v) is 19.4.